The Morgan fingerprint density at radius 3 is 2.43 bits per heavy atom. The van der Waals surface area contributed by atoms with Gasteiger partial charge in [0, 0.05) is 19.6 Å². The van der Waals surface area contributed by atoms with Gasteiger partial charge in [0.15, 0.2) is 17.7 Å². The molecule has 0 aromatic heterocycles. The Morgan fingerprint density at radius 1 is 1.07 bits per heavy atom. The van der Waals surface area contributed by atoms with Gasteiger partial charge in [-0.25, -0.2) is 0 Å². The molecule has 0 amide bonds. The van der Waals surface area contributed by atoms with E-state index in [4.69, 9.17) is 23.7 Å². The first-order valence-electron chi connectivity index (χ1n) is 9.98. The number of methoxy groups -OCH3 is 1. The van der Waals surface area contributed by atoms with E-state index in [2.05, 4.69) is 0 Å². The Morgan fingerprint density at radius 2 is 1.77 bits per heavy atom. The number of fused-ring (bicyclic) bond motifs is 1. The van der Waals surface area contributed by atoms with Crippen LogP contribution >= 0.6 is 11.8 Å². The zero-order valence-electron chi connectivity index (χ0n) is 17.0. The zero-order chi connectivity index (χ0) is 20.9. The Bertz CT molecular complexity index is 811. The van der Waals surface area contributed by atoms with E-state index in [-0.39, 0.29) is 22.6 Å². The summed E-state index contributed by atoms with van der Waals surface area (Å²) in [4.78, 5) is 12.1. The monoisotopic (exact) mass is 430 g/mol. The summed E-state index contributed by atoms with van der Waals surface area (Å²) < 4.78 is 30.1. The summed E-state index contributed by atoms with van der Waals surface area (Å²) >= 11 is 1.22. The molecule has 4 rings (SSSR count). The Labute approximate surface area is 180 Å². The molecule has 0 saturated carbocycles. The fourth-order valence-electron chi connectivity index (χ4n) is 3.78. The van der Waals surface area contributed by atoms with Crippen LogP contribution in [0.25, 0.3) is 0 Å². The minimum absolute atomic E-state index is 0.00447. The molecule has 0 bridgehead atoms. The number of carbonyl (C=O) groups excluding carboxylic acids is 1. The van der Waals surface area contributed by atoms with E-state index in [1.54, 1.807) is 14.0 Å². The standard InChI is InChI=1S/C23H26O6S/c1-15(24)30-21-19-18(14-27-22(29-19)17-11-7-4-8-12-17)28-23(25-2)20(21)26-13-16-9-5-3-6-10-16/h3-12,18-23H,13-14H2,1-2H3/t18-,19-,20+,21+,22-,23+/m1/s1. The van der Waals surface area contributed by atoms with Crippen LogP contribution in [0.4, 0.5) is 0 Å². The summed E-state index contributed by atoms with van der Waals surface area (Å²) in [6.45, 7) is 2.29. The zero-order valence-corrected chi connectivity index (χ0v) is 17.8. The number of thioether (sulfide) groups is 1. The van der Waals surface area contributed by atoms with Crippen LogP contribution in [0, 0.1) is 0 Å². The van der Waals surface area contributed by atoms with E-state index in [1.807, 2.05) is 60.7 Å². The van der Waals surface area contributed by atoms with Gasteiger partial charge in [0.25, 0.3) is 0 Å². The third kappa shape index (κ3) is 4.94. The van der Waals surface area contributed by atoms with Crippen LogP contribution < -0.4 is 0 Å². The highest BCUT2D eigenvalue weighted by Gasteiger charge is 2.51. The second kappa shape index (κ2) is 10.0. The number of ether oxygens (including phenoxy) is 5. The molecule has 2 aromatic carbocycles. The average Bonchev–Trinajstić information content (AvgIpc) is 2.78. The molecular formula is C23H26O6S. The first kappa shape index (κ1) is 21.5. The van der Waals surface area contributed by atoms with Crippen LogP contribution in [0.5, 0.6) is 0 Å². The van der Waals surface area contributed by atoms with Gasteiger partial charge in [0.1, 0.15) is 18.3 Å². The van der Waals surface area contributed by atoms with Crippen molar-refractivity contribution in [3.63, 3.8) is 0 Å². The molecule has 0 aliphatic carbocycles. The second-order valence-electron chi connectivity index (χ2n) is 7.29. The molecule has 0 N–H and O–H groups in total. The predicted molar refractivity (Wildman–Crippen MR) is 113 cm³/mol. The van der Waals surface area contributed by atoms with Gasteiger partial charge in [0.2, 0.25) is 0 Å². The highest BCUT2D eigenvalue weighted by Crippen LogP contribution is 2.40. The van der Waals surface area contributed by atoms with E-state index in [9.17, 15) is 4.79 Å². The summed E-state index contributed by atoms with van der Waals surface area (Å²) in [5.41, 5.74) is 1.97. The second-order valence-corrected chi connectivity index (χ2v) is 8.65. The molecule has 30 heavy (non-hydrogen) atoms. The van der Waals surface area contributed by atoms with Crippen LogP contribution in [0.3, 0.4) is 0 Å². The Kier molecular flexibility index (Phi) is 7.20. The van der Waals surface area contributed by atoms with E-state index in [0.717, 1.165) is 11.1 Å². The van der Waals surface area contributed by atoms with E-state index in [1.165, 1.54) is 11.8 Å². The number of rotatable bonds is 6. The SMILES string of the molecule is CO[C@H]1O[C@@H]2CO[C@@H](c3ccccc3)O[C@H]2[C@H](SC(C)=O)[C@@H]1OCc1ccccc1. The summed E-state index contributed by atoms with van der Waals surface area (Å²) in [6, 6.07) is 19.6. The molecule has 0 radical (unpaired) electrons. The van der Waals surface area contributed by atoms with Crippen LogP contribution in [-0.4, -0.2) is 48.7 Å². The Hall–Kier alpha value is -1.74. The quantitative estimate of drug-likeness (QED) is 0.692. The molecule has 2 aliphatic heterocycles. The van der Waals surface area contributed by atoms with Crippen molar-refractivity contribution < 1.29 is 28.5 Å². The normalized spacial score (nSPS) is 31.1. The molecule has 2 aromatic rings. The lowest BCUT2D eigenvalue weighted by Gasteiger charge is -2.48. The summed E-state index contributed by atoms with van der Waals surface area (Å²) in [5.74, 6) is 0. The fraction of sp³-hybridized carbons (Fsp3) is 0.435. The van der Waals surface area contributed by atoms with Gasteiger partial charge in [-0.05, 0) is 5.56 Å². The topological polar surface area (TPSA) is 63.2 Å². The summed E-state index contributed by atoms with van der Waals surface area (Å²) in [6.07, 6.45) is -2.32. The molecular weight excluding hydrogens is 404 g/mol. The maximum atomic E-state index is 12.1. The van der Waals surface area contributed by atoms with Crippen molar-refractivity contribution in [1.29, 1.82) is 0 Å². The fourth-order valence-corrected chi connectivity index (χ4v) is 4.88. The van der Waals surface area contributed by atoms with E-state index in [0.29, 0.717) is 13.2 Å². The highest BCUT2D eigenvalue weighted by atomic mass is 32.2. The first-order chi connectivity index (χ1) is 14.7. The van der Waals surface area contributed by atoms with E-state index >= 15 is 0 Å². The number of carbonyl (C=O) groups is 1. The molecule has 0 spiro atoms. The molecule has 6 atom stereocenters. The lowest BCUT2D eigenvalue weighted by molar-refractivity contribution is -0.335. The van der Waals surface area contributed by atoms with Crippen molar-refractivity contribution in [2.45, 2.75) is 49.7 Å². The third-order valence-corrected chi connectivity index (χ3v) is 6.32. The summed E-state index contributed by atoms with van der Waals surface area (Å²) in [7, 11) is 1.58. The van der Waals surface area contributed by atoms with Crippen molar-refractivity contribution in [1.82, 2.24) is 0 Å². The van der Waals surface area contributed by atoms with Gasteiger partial charge >= 0.3 is 0 Å². The molecule has 0 unspecified atom stereocenters. The minimum atomic E-state index is -0.618. The molecule has 2 fully saturated rings. The number of hydrogen-bond donors (Lipinski definition) is 0. The summed E-state index contributed by atoms with van der Waals surface area (Å²) in [5, 5.41) is -0.291. The van der Waals surface area contributed by atoms with Gasteiger partial charge in [-0.15, -0.1) is 0 Å². The lowest BCUT2D eigenvalue weighted by Crippen LogP contribution is -2.61. The van der Waals surface area contributed by atoms with Crippen LogP contribution in [0.1, 0.15) is 24.3 Å². The highest BCUT2D eigenvalue weighted by molar-refractivity contribution is 8.14. The average molecular weight is 431 g/mol. The van der Waals surface area contributed by atoms with Gasteiger partial charge in [-0.2, -0.15) is 0 Å². The van der Waals surface area contributed by atoms with Crippen LogP contribution in [0.15, 0.2) is 60.7 Å². The third-order valence-electron chi connectivity index (χ3n) is 5.18. The predicted octanol–water partition coefficient (Wildman–Crippen LogP) is 3.71. The van der Waals surface area contributed by atoms with Gasteiger partial charge in [0.05, 0.1) is 18.5 Å². The molecule has 2 heterocycles. The van der Waals surface area contributed by atoms with Gasteiger partial charge in [-0.3, -0.25) is 4.79 Å². The molecule has 160 valence electrons. The van der Waals surface area contributed by atoms with Crippen LogP contribution in [0.2, 0.25) is 0 Å². The van der Waals surface area contributed by atoms with Gasteiger partial charge in [-0.1, -0.05) is 72.4 Å². The largest absolute Gasteiger partial charge is 0.367 e. The maximum Gasteiger partial charge on any atom is 0.186 e. The van der Waals surface area contributed by atoms with Crippen molar-refractivity contribution in [2.75, 3.05) is 13.7 Å². The molecule has 6 nitrogen and oxygen atoms in total. The number of benzene rings is 2. The van der Waals surface area contributed by atoms with Crippen molar-refractivity contribution in [3.8, 4) is 0 Å². The number of hydrogen-bond acceptors (Lipinski definition) is 7. The Balaban J connectivity index is 1.55. The van der Waals surface area contributed by atoms with Crippen LogP contribution in [-0.2, 0) is 35.1 Å². The first-order valence-corrected chi connectivity index (χ1v) is 10.9. The van der Waals surface area contributed by atoms with Gasteiger partial charge < -0.3 is 23.7 Å². The maximum absolute atomic E-state index is 12.1. The van der Waals surface area contributed by atoms with Crippen molar-refractivity contribution in [2.24, 2.45) is 0 Å². The smallest absolute Gasteiger partial charge is 0.186 e. The minimum Gasteiger partial charge on any atom is -0.367 e. The molecule has 2 aliphatic rings. The van der Waals surface area contributed by atoms with Crippen molar-refractivity contribution >= 4 is 16.9 Å². The molecule has 2 saturated heterocycles. The van der Waals surface area contributed by atoms with Crippen molar-refractivity contribution in [3.05, 3.63) is 71.8 Å². The lowest BCUT2D eigenvalue weighted by atomic mass is 10.00. The van der Waals surface area contributed by atoms with E-state index < -0.39 is 18.7 Å². The molecule has 7 heteroatoms.